The van der Waals surface area contributed by atoms with Crippen molar-refractivity contribution in [1.29, 1.82) is 0 Å². The topological polar surface area (TPSA) is 80.4 Å². The Kier molecular flexibility index (Phi) is 8.08. The molecule has 1 unspecified atom stereocenters. The summed E-state index contributed by atoms with van der Waals surface area (Å²) in [5, 5.41) is 4.06. The molecule has 0 saturated carbocycles. The van der Waals surface area contributed by atoms with Crippen LogP contribution in [-0.2, 0) is 11.3 Å². The van der Waals surface area contributed by atoms with Crippen molar-refractivity contribution >= 4 is 28.6 Å². The normalized spacial score (nSPS) is 12.2. The number of fused-ring (bicyclic) bond motifs is 1. The highest BCUT2D eigenvalue weighted by molar-refractivity contribution is 7.99. The molecule has 0 aliphatic carbocycles. The number of para-hydroxylation sites is 1. The van der Waals surface area contributed by atoms with Crippen molar-refractivity contribution < 1.29 is 9.21 Å². The molecule has 0 saturated heterocycles. The Morgan fingerprint density at radius 1 is 1.29 bits per heavy atom. The van der Waals surface area contributed by atoms with Crippen LogP contribution in [0.25, 0.3) is 10.9 Å². The standard InChI is InChI=1S/C23H28N4O3S/c1-4-13-27-22(29)17-10-7-8-11-18(17)25-23(27)31-16-21(28)24-15-19(26(5-2)6-3)20-12-9-14-30-20/h4,7-12,14,19H,1,5-6,13,15-16H2,2-3H3,(H,24,28). The first-order valence-electron chi connectivity index (χ1n) is 10.4. The van der Waals surface area contributed by atoms with Crippen molar-refractivity contribution in [1.82, 2.24) is 19.8 Å². The largest absolute Gasteiger partial charge is 0.468 e. The average Bonchev–Trinajstić information content (AvgIpc) is 3.32. The Balaban J connectivity index is 1.70. The zero-order chi connectivity index (χ0) is 22.2. The highest BCUT2D eigenvalue weighted by Gasteiger charge is 2.21. The van der Waals surface area contributed by atoms with E-state index in [0.29, 0.717) is 29.1 Å². The van der Waals surface area contributed by atoms with Crippen LogP contribution in [0.15, 0.2) is 69.7 Å². The molecule has 2 heterocycles. The van der Waals surface area contributed by atoms with Crippen molar-refractivity contribution in [2.75, 3.05) is 25.4 Å². The second-order valence-corrected chi connectivity index (χ2v) is 7.90. The van der Waals surface area contributed by atoms with Crippen LogP contribution in [0.3, 0.4) is 0 Å². The molecular weight excluding hydrogens is 412 g/mol. The van der Waals surface area contributed by atoms with Crippen LogP contribution in [0.4, 0.5) is 0 Å². The zero-order valence-corrected chi connectivity index (χ0v) is 18.7. The minimum Gasteiger partial charge on any atom is -0.468 e. The molecule has 1 amide bonds. The SMILES string of the molecule is C=CCn1c(SCC(=O)NCC(c2ccco2)N(CC)CC)nc2ccccc2c1=O. The van der Waals surface area contributed by atoms with Crippen LogP contribution >= 0.6 is 11.8 Å². The molecule has 0 aliphatic rings. The lowest BCUT2D eigenvalue weighted by Gasteiger charge is -2.28. The lowest BCUT2D eigenvalue weighted by Crippen LogP contribution is -2.38. The van der Waals surface area contributed by atoms with Gasteiger partial charge in [0.1, 0.15) is 5.76 Å². The quantitative estimate of drug-likeness (QED) is 0.279. The summed E-state index contributed by atoms with van der Waals surface area (Å²) >= 11 is 1.25. The Hall–Kier alpha value is -2.84. The average molecular weight is 441 g/mol. The Morgan fingerprint density at radius 2 is 2.06 bits per heavy atom. The predicted octanol–water partition coefficient (Wildman–Crippen LogP) is 3.47. The number of nitrogens with one attached hydrogen (secondary N) is 1. The third kappa shape index (κ3) is 5.45. The molecule has 1 atom stereocenters. The summed E-state index contributed by atoms with van der Waals surface area (Å²) < 4.78 is 7.13. The van der Waals surface area contributed by atoms with Crippen LogP contribution in [-0.4, -0.2) is 45.7 Å². The maximum Gasteiger partial charge on any atom is 0.262 e. The van der Waals surface area contributed by atoms with Gasteiger partial charge < -0.3 is 9.73 Å². The number of allylic oxidation sites excluding steroid dienone is 1. The highest BCUT2D eigenvalue weighted by atomic mass is 32.2. The molecule has 1 N–H and O–H groups in total. The Bertz CT molecular complexity index is 1070. The van der Waals surface area contributed by atoms with Gasteiger partial charge in [0.2, 0.25) is 5.91 Å². The fourth-order valence-corrected chi connectivity index (χ4v) is 4.33. The van der Waals surface area contributed by atoms with Gasteiger partial charge in [0.25, 0.3) is 5.56 Å². The zero-order valence-electron chi connectivity index (χ0n) is 17.9. The van der Waals surface area contributed by atoms with Crippen LogP contribution in [0, 0.1) is 0 Å². The summed E-state index contributed by atoms with van der Waals surface area (Å²) in [6, 6.07) is 11.0. The molecular formula is C23H28N4O3S. The molecule has 0 bridgehead atoms. The summed E-state index contributed by atoms with van der Waals surface area (Å²) in [5.41, 5.74) is 0.489. The van der Waals surface area contributed by atoms with E-state index >= 15 is 0 Å². The number of aromatic nitrogens is 2. The molecule has 8 heteroatoms. The van der Waals surface area contributed by atoms with Crippen LogP contribution < -0.4 is 10.9 Å². The smallest absolute Gasteiger partial charge is 0.262 e. The summed E-state index contributed by atoms with van der Waals surface area (Å²) in [5.74, 6) is 0.861. The molecule has 164 valence electrons. The van der Waals surface area contributed by atoms with Crippen molar-refractivity contribution in [2.24, 2.45) is 0 Å². The summed E-state index contributed by atoms with van der Waals surface area (Å²) in [6.07, 6.45) is 3.30. The van der Waals surface area contributed by atoms with Crippen molar-refractivity contribution in [3.05, 3.63) is 71.4 Å². The molecule has 1 aromatic carbocycles. The van der Waals surface area contributed by atoms with Crippen molar-refractivity contribution in [2.45, 2.75) is 31.6 Å². The van der Waals surface area contributed by atoms with Gasteiger partial charge in [-0.3, -0.25) is 19.1 Å². The van der Waals surface area contributed by atoms with E-state index in [1.165, 1.54) is 11.8 Å². The van der Waals surface area contributed by atoms with Crippen LogP contribution in [0.1, 0.15) is 25.6 Å². The maximum atomic E-state index is 12.8. The Morgan fingerprint density at radius 3 is 2.74 bits per heavy atom. The molecule has 0 radical (unpaired) electrons. The molecule has 0 fully saturated rings. The number of benzene rings is 1. The van der Waals surface area contributed by atoms with Gasteiger partial charge in [-0.1, -0.05) is 43.8 Å². The number of hydrogen-bond donors (Lipinski definition) is 1. The molecule has 31 heavy (non-hydrogen) atoms. The summed E-state index contributed by atoms with van der Waals surface area (Å²) in [6.45, 7) is 10.4. The van der Waals surface area contributed by atoms with Crippen molar-refractivity contribution in [3.63, 3.8) is 0 Å². The maximum absolute atomic E-state index is 12.8. The number of likely N-dealkylation sites (N-methyl/N-ethyl adjacent to an activating group) is 1. The van der Waals surface area contributed by atoms with Gasteiger partial charge >= 0.3 is 0 Å². The first-order chi connectivity index (χ1) is 15.1. The Labute approximate surface area is 186 Å². The highest BCUT2D eigenvalue weighted by Crippen LogP contribution is 2.21. The number of furan rings is 1. The number of nitrogens with zero attached hydrogens (tertiary/aromatic N) is 3. The van der Waals surface area contributed by atoms with Crippen LogP contribution in [0.5, 0.6) is 0 Å². The van der Waals surface area contributed by atoms with Gasteiger partial charge in [-0.05, 0) is 37.4 Å². The van der Waals surface area contributed by atoms with Gasteiger partial charge in [-0.15, -0.1) is 6.58 Å². The molecule has 3 rings (SSSR count). The molecule has 3 aromatic rings. The van der Waals surface area contributed by atoms with E-state index in [0.717, 1.165) is 18.8 Å². The fourth-order valence-electron chi connectivity index (χ4n) is 3.49. The van der Waals surface area contributed by atoms with Gasteiger partial charge in [-0.25, -0.2) is 4.98 Å². The van der Waals surface area contributed by atoms with Gasteiger partial charge in [0.15, 0.2) is 5.16 Å². The van der Waals surface area contributed by atoms with E-state index in [2.05, 4.69) is 35.6 Å². The molecule has 2 aromatic heterocycles. The number of amides is 1. The second kappa shape index (κ2) is 11.0. The van der Waals surface area contributed by atoms with E-state index in [1.807, 2.05) is 24.3 Å². The molecule has 7 nitrogen and oxygen atoms in total. The monoisotopic (exact) mass is 440 g/mol. The van der Waals surface area contributed by atoms with Gasteiger partial charge in [0, 0.05) is 13.1 Å². The van der Waals surface area contributed by atoms with E-state index in [4.69, 9.17) is 4.42 Å². The first kappa shape index (κ1) is 22.8. The second-order valence-electron chi connectivity index (χ2n) is 6.96. The molecule has 0 aliphatic heterocycles. The lowest BCUT2D eigenvalue weighted by molar-refractivity contribution is -0.118. The minimum absolute atomic E-state index is 0.0308. The lowest BCUT2D eigenvalue weighted by atomic mass is 10.2. The number of thioether (sulfide) groups is 1. The van der Waals surface area contributed by atoms with E-state index < -0.39 is 0 Å². The number of hydrogen-bond acceptors (Lipinski definition) is 6. The summed E-state index contributed by atoms with van der Waals surface area (Å²) in [7, 11) is 0. The fraction of sp³-hybridized carbons (Fsp3) is 0.348. The van der Waals surface area contributed by atoms with Crippen LogP contribution in [0.2, 0.25) is 0 Å². The predicted molar refractivity (Wildman–Crippen MR) is 124 cm³/mol. The van der Waals surface area contributed by atoms with E-state index in [-0.39, 0.29) is 23.3 Å². The number of rotatable bonds is 11. The van der Waals surface area contributed by atoms with Gasteiger partial charge in [0.05, 0.1) is 29.0 Å². The first-order valence-corrected chi connectivity index (χ1v) is 11.3. The third-order valence-electron chi connectivity index (χ3n) is 5.09. The van der Waals surface area contributed by atoms with Crippen molar-refractivity contribution in [3.8, 4) is 0 Å². The third-order valence-corrected chi connectivity index (χ3v) is 6.06. The number of carbonyl (C=O) groups excluding carboxylic acids is 1. The van der Waals surface area contributed by atoms with Gasteiger partial charge in [-0.2, -0.15) is 0 Å². The van der Waals surface area contributed by atoms with E-state index in [1.54, 1.807) is 29.0 Å². The minimum atomic E-state index is -0.132. The summed E-state index contributed by atoms with van der Waals surface area (Å²) in [4.78, 5) is 32.2. The number of carbonyl (C=O) groups is 1. The molecule has 0 spiro atoms. The van der Waals surface area contributed by atoms with E-state index in [9.17, 15) is 9.59 Å².